The predicted molar refractivity (Wildman–Crippen MR) is 53.8 cm³/mol. The standard InChI is InChI=1S/C8H7BrFNO.ClH/c9-5-1-4-7(11)3-12-8(4)2-6(5)10;/h1-2,7H,3,11H2;1H. The minimum atomic E-state index is -0.317. The molecule has 0 aromatic heterocycles. The Labute approximate surface area is 89.8 Å². The molecule has 1 atom stereocenters. The molecular formula is C8H8BrClFNO. The number of nitrogens with two attached hydrogens (primary N) is 1. The summed E-state index contributed by atoms with van der Waals surface area (Å²) in [5.41, 5.74) is 6.56. The van der Waals surface area contributed by atoms with Crippen LogP contribution in [0.2, 0.25) is 0 Å². The third-order valence-electron chi connectivity index (χ3n) is 1.87. The van der Waals surface area contributed by atoms with Gasteiger partial charge in [0.05, 0.1) is 10.5 Å². The Hall–Kier alpha value is -0.320. The molecule has 0 spiro atoms. The normalized spacial score (nSPS) is 18.8. The summed E-state index contributed by atoms with van der Waals surface area (Å²) in [6, 6.07) is 2.89. The SMILES string of the molecule is Cl.NC1COc2cc(F)c(Br)cc21. The monoisotopic (exact) mass is 267 g/mol. The van der Waals surface area contributed by atoms with E-state index < -0.39 is 0 Å². The molecule has 2 nitrogen and oxygen atoms in total. The topological polar surface area (TPSA) is 35.2 Å². The minimum absolute atomic E-state index is 0. The average molecular weight is 269 g/mol. The van der Waals surface area contributed by atoms with E-state index in [0.29, 0.717) is 16.8 Å². The van der Waals surface area contributed by atoms with Crippen molar-refractivity contribution in [1.82, 2.24) is 0 Å². The fourth-order valence-corrected chi connectivity index (χ4v) is 1.59. The third-order valence-corrected chi connectivity index (χ3v) is 2.48. The number of hydrogen-bond acceptors (Lipinski definition) is 2. The van der Waals surface area contributed by atoms with Crippen LogP contribution < -0.4 is 10.5 Å². The molecule has 2 N–H and O–H groups in total. The second-order valence-corrected chi connectivity index (χ2v) is 3.58. The molecule has 2 rings (SSSR count). The largest absolute Gasteiger partial charge is 0.491 e. The molecule has 1 aromatic carbocycles. The number of hydrogen-bond donors (Lipinski definition) is 1. The summed E-state index contributed by atoms with van der Waals surface area (Å²) in [6.45, 7) is 0.436. The van der Waals surface area contributed by atoms with Gasteiger partial charge in [-0.1, -0.05) is 0 Å². The van der Waals surface area contributed by atoms with E-state index >= 15 is 0 Å². The number of benzene rings is 1. The Morgan fingerprint density at radius 1 is 1.54 bits per heavy atom. The number of halogens is 3. The number of ether oxygens (including phenoxy) is 1. The van der Waals surface area contributed by atoms with Crippen molar-refractivity contribution in [2.24, 2.45) is 5.73 Å². The molecule has 1 aliphatic heterocycles. The van der Waals surface area contributed by atoms with Gasteiger partial charge in [0.1, 0.15) is 18.2 Å². The van der Waals surface area contributed by atoms with Crippen molar-refractivity contribution in [3.8, 4) is 5.75 Å². The van der Waals surface area contributed by atoms with Crippen LogP contribution >= 0.6 is 28.3 Å². The van der Waals surface area contributed by atoms with Gasteiger partial charge in [0, 0.05) is 11.6 Å². The van der Waals surface area contributed by atoms with Crippen LogP contribution in [0.5, 0.6) is 5.75 Å². The summed E-state index contributed by atoms with van der Waals surface area (Å²) >= 11 is 3.09. The summed E-state index contributed by atoms with van der Waals surface area (Å²) in [7, 11) is 0. The van der Waals surface area contributed by atoms with Gasteiger partial charge in [-0.3, -0.25) is 0 Å². The van der Waals surface area contributed by atoms with E-state index in [1.54, 1.807) is 6.07 Å². The zero-order valence-corrected chi connectivity index (χ0v) is 8.99. The van der Waals surface area contributed by atoms with Gasteiger partial charge in [-0.15, -0.1) is 12.4 Å². The van der Waals surface area contributed by atoms with Crippen LogP contribution in [0.25, 0.3) is 0 Å². The first-order chi connectivity index (χ1) is 5.68. The molecule has 1 aliphatic rings. The molecule has 72 valence electrons. The van der Waals surface area contributed by atoms with Gasteiger partial charge in [-0.2, -0.15) is 0 Å². The second kappa shape index (κ2) is 3.82. The Morgan fingerprint density at radius 2 is 2.23 bits per heavy atom. The van der Waals surface area contributed by atoms with E-state index in [4.69, 9.17) is 10.5 Å². The van der Waals surface area contributed by atoms with Crippen LogP contribution in [-0.4, -0.2) is 6.61 Å². The van der Waals surface area contributed by atoms with Gasteiger partial charge in [-0.25, -0.2) is 4.39 Å². The summed E-state index contributed by atoms with van der Waals surface area (Å²) in [5, 5.41) is 0. The smallest absolute Gasteiger partial charge is 0.141 e. The quantitative estimate of drug-likeness (QED) is 0.784. The molecule has 0 fully saturated rings. The predicted octanol–water partition coefficient (Wildman–Crippen LogP) is 2.40. The van der Waals surface area contributed by atoms with Crippen molar-refractivity contribution in [3.05, 3.63) is 28.0 Å². The molecule has 0 saturated heterocycles. The van der Waals surface area contributed by atoms with Crippen LogP contribution in [0.4, 0.5) is 4.39 Å². The zero-order valence-electron chi connectivity index (χ0n) is 6.59. The second-order valence-electron chi connectivity index (χ2n) is 2.72. The Bertz CT molecular complexity index is 334. The molecule has 0 radical (unpaired) electrons. The lowest BCUT2D eigenvalue weighted by Crippen LogP contribution is -2.10. The molecule has 0 amide bonds. The van der Waals surface area contributed by atoms with E-state index in [9.17, 15) is 4.39 Å². The first kappa shape index (κ1) is 10.8. The maximum Gasteiger partial charge on any atom is 0.141 e. The van der Waals surface area contributed by atoms with Crippen LogP contribution in [0, 0.1) is 5.82 Å². The zero-order chi connectivity index (χ0) is 8.72. The maximum atomic E-state index is 12.9. The highest BCUT2D eigenvalue weighted by molar-refractivity contribution is 9.10. The van der Waals surface area contributed by atoms with Crippen molar-refractivity contribution in [3.63, 3.8) is 0 Å². The summed E-state index contributed by atoms with van der Waals surface area (Å²) < 4.78 is 18.5. The number of rotatable bonds is 0. The first-order valence-electron chi connectivity index (χ1n) is 3.56. The fraction of sp³-hybridized carbons (Fsp3) is 0.250. The molecule has 5 heteroatoms. The van der Waals surface area contributed by atoms with Crippen LogP contribution in [0.15, 0.2) is 16.6 Å². The average Bonchev–Trinajstić information content (AvgIpc) is 2.35. The van der Waals surface area contributed by atoms with Crippen molar-refractivity contribution in [2.75, 3.05) is 6.61 Å². The van der Waals surface area contributed by atoms with E-state index in [0.717, 1.165) is 5.56 Å². The van der Waals surface area contributed by atoms with Gasteiger partial charge in [0.25, 0.3) is 0 Å². The third kappa shape index (κ3) is 1.80. The number of fused-ring (bicyclic) bond motifs is 1. The molecule has 0 bridgehead atoms. The van der Waals surface area contributed by atoms with Gasteiger partial charge >= 0.3 is 0 Å². The van der Waals surface area contributed by atoms with E-state index in [1.165, 1.54) is 6.07 Å². The fourth-order valence-electron chi connectivity index (χ4n) is 1.23. The Kier molecular flexibility index (Phi) is 3.16. The Balaban J connectivity index is 0.000000845. The molecular weight excluding hydrogens is 260 g/mol. The molecule has 13 heavy (non-hydrogen) atoms. The highest BCUT2D eigenvalue weighted by atomic mass is 79.9. The van der Waals surface area contributed by atoms with E-state index in [-0.39, 0.29) is 24.3 Å². The summed E-state index contributed by atoms with van der Waals surface area (Å²) in [4.78, 5) is 0. The lowest BCUT2D eigenvalue weighted by Gasteiger charge is -2.01. The van der Waals surface area contributed by atoms with Crippen molar-refractivity contribution in [2.45, 2.75) is 6.04 Å². The van der Waals surface area contributed by atoms with Crippen LogP contribution in [0.1, 0.15) is 11.6 Å². The van der Waals surface area contributed by atoms with Gasteiger partial charge in [0.15, 0.2) is 0 Å². The Morgan fingerprint density at radius 3 is 2.92 bits per heavy atom. The van der Waals surface area contributed by atoms with Crippen LogP contribution in [-0.2, 0) is 0 Å². The molecule has 0 saturated carbocycles. The molecule has 1 unspecified atom stereocenters. The van der Waals surface area contributed by atoms with Gasteiger partial charge in [0.2, 0.25) is 0 Å². The highest BCUT2D eigenvalue weighted by Crippen LogP contribution is 2.34. The molecule has 1 heterocycles. The first-order valence-corrected chi connectivity index (χ1v) is 4.35. The maximum absolute atomic E-state index is 12.9. The van der Waals surface area contributed by atoms with Crippen molar-refractivity contribution < 1.29 is 9.13 Å². The van der Waals surface area contributed by atoms with Gasteiger partial charge < -0.3 is 10.5 Å². The summed E-state index contributed by atoms with van der Waals surface area (Å²) in [6.07, 6.45) is 0. The lowest BCUT2D eigenvalue weighted by molar-refractivity contribution is 0.332. The van der Waals surface area contributed by atoms with Crippen molar-refractivity contribution in [1.29, 1.82) is 0 Å². The molecule has 1 aromatic rings. The van der Waals surface area contributed by atoms with Gasteiger partial charge in [-0.05, 0) is 22.0 Å². The highest BCUT2D eigenvalue weighted by Gasteiger charge is 2.22. The van der Waals surface area contributed by atoms with E-state index in [2.05, 4.69) is 15.9 Å². The lowest BCUT2D eigenvalue weighted by atomic mass is 10.1. The molecule has 0 aliphatic carbocycles. The van der Waals surface area contributed by atoms with Crippen LogP contribution in [0.3, 0.4) is 0 Å². The minimum Gasteiger partial charge on any atom is -0.491 e. The van der Waals surface area contributed by atoms with Crippen molar-refractivity contribution >= 4 is 28.3 Å². The van der Waals surface area contributed by atoms with E-state index in [1.807, 2.05) is 0 Å². The summed E-state index contributed by atoms with van der Waals surface area (Å²) in [5.74, 6) is 0.242.